The largest absolute Gasteiger partial charge is 0.341 e. The molecule has 1 heteroatoms. The highest BCUT2D eigenvalue weighted by Gasteiger charge is 2.11. The minimum Gasteiger partial charge on any atom is -0.341 e. The number of aromatic nitrogens is 1. The molecule has 0 radical (unpaired) electrons. The van der Waals surface area contributed by atoms with E-state index in [0.29, 0.717) is 0 Å². The Morgan fingerprint density at radius 2 is 2.00 bits per heavy atom. The predicted octanol–water partition coefficient (Wildman–Crippen LogP) is 4.73. The van der Waals surface area contributed by atoms with E-state index in [0.717, 1.165) is 6.54 Å². The van der Waals surface area contributed by atoms with Gasteiger partial charge in [-0.15, -0.1) is 0 Å². The van der Waals surface area contributed by atoms with E-state index in [1.54, 1.807) is 0 Å². The third-order valence-corrected chi connectivity index (χ3v) is 3.00. The highest BCUT2D eigenvalue weighted by Crippen LogP contribution is 2.28. The fraction of sp³-hybridized carbons (Fsp3) is 0.250. The summed E-state index contributed by atoms with van der Waals surface area (Å²) in [6.45, 7) is 11.4. The lowest BCUT2D eigenvalue weighted by atomic mass is 10.1. The zero-order valence-electron chi connectivity index (χ0n) is 10.8. The van der Waals surface area contributed by atoms with Gasteiger partial charge in [-0.25, -0.2) is 0 Å². The molecule has 0 spiro atoms. The SMILES string of the molecule is C=Cc1c(C=C(C)C)n(CC)c2ccccc12. The summed E-state index contributed by atoms with van der Waals surface area (Å²) in [6, 6.07) is 8.52. The lowest BCUT2D eigenvalue weighted by Crippen LogP contribution is -1.97. The average Bonchev–Trinajstić information content (AvgIpc) is 2.60. The number of para-hydroxylation sites is 1. The summed E-state index contributed by atoms with van der Waals surface area (Å²) >= 11 is 0. The number of nitrogens with zero attached hydrogens (tertiary/aromatic N) is 1. The van der Waals surface area contributed by atoms with E-state index in [-0.39, 0.29) is 0 Å². The van der Waals surface area contributed by atoms with Gasteiger partial charge in [-0.2, -0.15) is 0 Å². The maximum Gasteiger partial charge on any atom is 0.0491 e. The first-order valence-corrected chi connectivity index (χ1v) is 6.07. The molecule has 0 saturated heterocycles. The van der Waals surface area contributed by atoms with Crippen LogP contribution >= 0.6 is 0 Å². The van der Waals surface area contributed by atoms with Crippen molar-refractivity contribution in [3.63, 3.8) is 0 Å². The number of fused-ring (bicyclic) bond motifs is 1. The van der Waals surface area contributed by atoms with Crippen LogP contribution in [0.4, 0.5) is 0 Å². The van der Waals surface area contributed by atoms with Crippen LogP contribution in [0.5, 0.6) is 0 Å². The Kier molecular flexibility index (Phi) is 3.19. The molecule has 1 nitrogen and oxygen atoms in total. The first kappa shape index (κ1) is 11.7. The molecule has 2 aromatic rings. The number of hydrogen-bond acceptors (Lipinski definition) is 0. The van der Waals surface area contributed by atoms with E-state index >= 15 is 0 Å². The Balaban J connectivity index is 2.88. The van der Waals surface area contributed by atoms with Crippen molar-refractivity contribution in [1.82, 2.24) is 4.57 Å². The van der Waals surface area contributed by atoms with Gasteiger partial charge >= 0.3 is 0 Å². The average molecular weight is 225 g/mol. The van der Waals surface area contributed by atoms with Crippen molar-refractivity contribution in [3.05, 3.63) is 47.7 Å². The summed E-state index contributed by atoms with van der Waals surface area (Å²) in [6.07, 6.45) is 4.20. The summed E-state index contributed by atoms with van der Waals surface area (Å²) in [7, 11) is 0. The van der Waals surface area contributed by atoms with Gasteiger partial charge in [0.25, 0.3) is 0 Å². The normalized spacial score (nSPS) is 10.5. The van der Waals surface area contributed by atoms with Gasteiger partial charge in [0.1, 0.15) is 0 Å². The van der Waals surface area contributed by atoms with Gasteiger partial charge in [-0.05, 0) is 32.9 Å². The fourth-order valence-electron chi connectivity index (χ4n) is 2.33. The summed E-state index contributed by atoms with van der Waals surface area (Å²) in [4.78, 5) is 0. The minimum absolute atomic E-state index is 0.980. The number of rotatable bonds is 3. The second-order valence-electron chi connectivity index (χ2n) is 4.49. The van der Waals surface area contributed by atoms with Gasteiger partial charge < -0.3 is 4.57 Å². The Morgan fingerprint density at radius 3 is 2.59 bits per heavy atom. The summed E-state index contributed by atoms with van der Waals surface area (Å²) in [5.41, 5.74) is 5.11. The molecule has 0 N–H and O–H groups in total. The topological polar surface area (TPSA) is 4.93 Å². The van der Waals surface area contributed by atoms with E-state index in [9.17, 15) is 0 Å². The number of benzene rings is 1. The third-order valence-electron chi connectivity index (χ3n) is 3.00. The van der Waals surface area contributed by atoms with Gasteiger partial charge in [0, 0.05) is 28.7 Å². The van der Waals surface area contributed by atoms with Crippen LogP contribution in [0.2, 0.25) is 0 Å². The second-order valence-corrected chi connectivity index (χ2v) is 4.49. The van der Waals surface area contributed by atoms with Crippen molar-refractivity contribution < 1.29 is 0 Å². The molecule has 1 aromatic heterocycles. The summed E-state index contributed by atoms with van der Waals surface area (Å²) in [5, 5.41) is 1.29. The molecule has 1 heterocycles. The quantitative estimate of drug-likeness (QED) is 0.711. The Bertz CT molecular complexity index is 581. The van der Waals surface area contributed by atoms with Gasteiger partial charge in [-0.1, -0.05) is 36.4 Å². The molecule has 0 bridgehead atoms. The second kappa shape index (κ2) is 4.62. The molecular weight excluding hydrogens is 206 g/mol. The van der Waals surface area contributed by atoms with Crippen molar-refractivity contribution in [3.8, 4) is 0 Å². The zero-order chi connectivity index (χ0) is 12.4. The third kappa shape index (κ3) is 1.93. The van der Waals surface area contributed by atoms with Crippen LogP contribution in [0.3, 0.4) is 0 Å². The van der Waals surface area contributed by atoms with Crippen LogP contribution in [-0.4, -0.2) is 4.57 Å². The van der Waals surface area contributed by atoms with E-state index in [2.05, 4.69) is 62.3 Å². The van der Waals surface area contributed by atoms with Crippen LogP contribution < -0.4 is 0 Å². The highest BCUT2D eigenvalue weighted by atomic mass is 15.0. The highest BCUT2D eigenvalue weighted by molar-refractivity contribution is 5.93. The minimum atomic E-state index is 0.980. The van der Waals surface area contributed by atoms with Crippen LogP contribution in [0.25, 0.3) is 23.1 Å². The van der Waals surface area contributed by atoms with Gasteiger partial charge in [0.15, 0.2) is 0 Å². The molecular formula is C16H19N. The Morgan fingerprint density at radius 1 is 1.29 bits per heavy atom. The van der Waals surface area contributed by atoms with E-state index in [1.165, 1.54) is 27.7 Å². The smallest absolute Gasteiger partial charge is 0.0491 e. The lowest BCUT2D eigenvalue weighted by Gasteiger charge is -2.05. The van der Waals surface area contributed by atoms with E-state index < -0.39 is 0 Å². The zero-order valence-corrected chi connectivity index (χ0v) is 10.8. The maximum atomic E-state index is 3.95. The summed E-state index contributed by atoms with van der Waals surface area (Å²) in [5.74, 6) is 0. The van der Waals surface area contributed by atoms with Crippen molar-refractivity contribution >= 4 is 23.1 Å². The van der Waals surface area contributed by atoms with E-state index in [4.69, 9.17) is 0 Å². The predicted molar refractivity (Wildman–Crippen MR) is 77.0 cm³/mol. The molecule has 2 rings (SSSR count). The molecule has 0 aliphatic carbocycles. The molecule has 0 amide bonds. The number of hydrogen-bond donors (Lipinski definition) is 0. The van der Waals surface area contributed by atoms with Crippen molar-refractivity contribution in [2.75, 3.05) is 0 Å². The molecule has 0 saturated carbocycles. The van der Waals surface area contributed by atoms with Gasteiger partial charge in [-0.3, -0.25) is 0 Å². The first-order chi connectivity index (χ1) is 8.19. The van der Waals surface area contributed by atoms with Crippen LogP contribution in [0.1, 0.15) is 32.0 Å². The summed E-state index contributed by atoms with van der Waals surface area (Å²) < 4.78 is 2.35. The molecule has 0 unspecified atom stereocenters. The van der Waals surface area contributed by atoms with Gasteiger partial charge in [0.2, 0.25) is 0 Å². The van der Waals surface area contributed by atoms with Gasteiger partial charge in [0.05, 0.1) is 0 Å². The maximum absolute atomic E-state index is 3.95. The molecule has 17 heavy (non-hydrogen) atoms. The number of allylic oxidation sites excluding steroid dienone is 1. The van der Waals surface area contributed by atoms with Crippen LogP contribution in [0.15, 0.2) is 36.4 Å². The fourth-order valence-corrected chi connectivity index (χ4v) is 2.33. The first-order valence-electron chi connectivity index (χ1n) is 6.07. The molecule has 0 atom stereocenters. The van der Waals surface area contributed by atoms with E-state index in [1.807, 2.05) is 6.08 Å². The Hall–Kier alpha value is -1.76. The molecule has 88 valence electrons. The molecule has 1 aromatic carbocycles. The lowest BCUT2D eigenvalue weighted by molar-refractivity contribution is 0.788. The van der Waals surface area contributed by atoms with Crippen LogP contribution in [0, 0.1) is 0 Å². The number of aryl methyl sites for hydroxylation is 1. The monoisotopic (exact) mass is 225 g/mol. The molecule has 0 aliphatic rings. The Labute approximate surface area is 103 Å². The van der Waals surface area contributed by atoms with Crippen molar-refractivity contribution in [2.24, 2.45) is 0 Å². The molecule has 0 aliphatic heterocycles. The van der Waals surface area contributed by atoms with Crippen molar-refractivity contribution in [1.29, 1.82) is 0 Å². The van der Waals surface area contributed by atoms with Crippen LogP contribution in [-0.2, 0) is 6.54 Å². The standard InChI is InChI=1S/C16H19N/c1-5-13-14-9-7-8-10-15(14)17(6-2)16(13)11-12(3)4/h5,7-11H,1,6H2,2-4H3. The molecule has 0 fully saturated rings. The van der Waals surface area contributed by atoms with Crippen molar-refractivity contribution in [2.45, 2.75) is 27.3 Å².